The minimum atomic E-state index is -1.20. The number of hydrogen-bond acceptors (Lipinski definition) is 6. The molecule has 2 rings (SSSR count). The van der Waals surface area contributed by atoms with Crippen molar-refractivity contribution in [3.05, 3.63) is 22.7 Å². The van der Waals surface area contributed by atoms with E-state index in [0.29, 0.717) is 18.7 Å². The van der Waals surface area contributed by atoms with Gasteiger partial charge in [-0.05, 0) is 39.3 Å². The summed E-state index contributed by atoms with van der Waals surface area (Å²) in [4.78, 5) is 24.6. The molecule has 4 N–H and O–H groups in total. The van der Waals surface area contributed by atoms with Crippen LogP contribution in [0.3, 0.4) is 0 Å². The van der Waals surface area contributed by atoms with Crippen LogP contribution in [0.1, 0.15) is 32.8 Å². The van der Waals surface area contributed by atoms with Gasteiger partial charge in [0, 0.05) is 13.1 Å². The maximum absolute atomic E-state index is 12.1. The summed E-state index contributed by atoms with van der Waals surface area (Å²) < 4.78 is 5.21. The number of benzene rings is 1. The van der Waals surface area contributed by atoms with Crippen molar-refractivity contribution >= 4 is 35.2 Å². The fraction of sp³-hybridized carbons (Fsp3) is 0.500. The maximum Gasteiger partial charge on any atom is 0.412 e. The number of rotatable bonds is 3. The molecule has 0 spiro atoms. The van der Waals surface area contributed by atoms with Crippen LogP contribution in [0.2, 0.25) is 5.02 Å². The number of piperidine rings is 1. The lowest BCUT2D eigenvalue weighted by atomic mass is 10.0. The Balaban J connectivity index is 2.25. The predicted octanol–water partition coefficient (Wildman–Crippen LogP) is 2.77. The molecule has 0 radical (unpaired) electrons. The Bertz CT molecular complexity index is 802. The molecule has 10 heteroatoms. The van der Waals surface area contributed by atoms with E-state index in [4.69, 9.17) is 21.4 Å². The molecule has 0 aromatic heterocycles. The SMILES string of the molecule is CC(C)(C)OC(=O)Nc1cc(C#N)cc(N2CCC(NC(=O)O)C(O)C2)c1Cl. The van der Waals surface area contributed by atoms with Gasteiger partial charge in [-0.15, -0.1) is 0 Å². The van der Waals surface area contributed by atoms with Crippen LogP contribution in [0.4, 0.5) is 21.0 Å². The molecule has 1 saturated heterocycles. The average molecular weight is 411 g/mol. The van der Waals surface area contributed by atoms with E-state index < -0.39 is 29.9 Å². The summed E-state index contributed by atoms with van der Waals surface area (Å²) in [6.07, 6.45) is -2.50. The van der Waals surface area contributed by atoms with E-state index in [2.05, 4.69) is 10.6 Å². The zero-order valence-electron chi connectivity index (χ0n) is 15.8. The summed E-state index contributed by atoms with van der Waals surface area (Å²) in [7, 11) is 0. The quantitative estimate of drug-likeness (QED) is 0.601. The number of anilines is 2. The van der Waals surface area contributed by atoms with Crippen molar-refractivity contribution in [3.63, 3.8) is 0 Å². The number of aliphatic hydroxyl groups is 1. The largest absolute Gasteiger partial charge is 0.465 e. The highest BCUT2D eigenvalue weighted by Crippen LogP contribution is 2.36. The van der Waals surface area contributed by atoms with Crippen LogP contribution in [0.25, 0.3) is 0 Å². The molecule has 0 bridgehead atoms. The number of carbonyl (C=O) groups excluding carboxylic acids is 1. The summed E-state index contributed by atoms with van der Waals surface area (Å²) in [5.74, 6) is 0. The maximum atomic E-state index is 12.1. The number of nitrogens with zero attached hydrogens (tertiary/aromatic N) is 2. The van der Waals surface area contributed by atoms with Crippen LogP contribution in [0.5, 0.6) is 0 Å². The normalized spacial score (nSPS) is 19.5. The van der Waals surface area contributed by atoms with E-state index in [1.54, 1.807) is 31.7 Å². The summed E-state index contributed by atoms with van der Waals surface area (Å²) in [6, 6.07) is 4.41. The van der Waals surface area contributed by atoms with Crippen molar-refractivity contribution in [2.24, 2.45) is 0 Å². The van der Waals surface area contributed by atoms with E-state index >= 15 is 0 Å². The van der Waals surface area contributed by atoms with Crippen LogP contribution in [0.15, 0.2) is 12.1 Å². The van der Waals surface area contributed by atoms with Crippen LogP contribution in [-0.4, -0.2) is 53.2 Å². The first kappa shape index (κ1) is 21.6. The van der Waals surface area contributed by atoms with Crippen LogP contribution >= 0.6 is 11.6 Å². The topological polar surface area (TPSA) is 135 Å². The fourth-order valence-corrected chi connectivity index (χ4v) is 3.16. The van der Waals surface area contributed by atoms with Crippen molar-refractivity contribution in [2.75, 3.05) is 23.3 Å². The van der Waals surface area contributed by atoms with Gasteiger partial charge in [-0.2, -0.15) is 5.26 Å². The molecule has 2 atom stereocenters. The Labute approximate surface area is 167 Å². The van der Waals surface area contributed by atoms with Crippen LogP contribution < -0.4 is 15.5 Å². The first-order chi connectivity index (χ1) is 13.0. The Hall–Kier alpha value is -2.70. The Kier molecular flexibility index (Phi) is 6.59. The summed E-state index contributed by atoms with van der Waals surface area (Å²) in [5, 5.41) is 33.4. The van der Waals surface area contributed by atoms with Gasteiger partial charge < -0.3 is 25.2 Å². The third kappa shape index (κ3) is 5.65. The summed E-state index contributed by atoms with van der Waals surface area (Å²) in [6.45, 7) is 5.69. The first-order valence-corrected chi connectivity index (χ1v) is 9.04. The molecular weight excluding hydrogens is 388 g/mol. The molecule has 1 heterocycles. The summed E-state index contributed by atoms with van der Waals surface area (Å²) in [5.41, 5.74) is 0.241. The number of nitriles is 1. The van der Waals surface area contributed by atoms with E-state index in [1.807, 2.05) is 6.07 Å². The number of carboxylic acid groups (broad SMARTS) is 1. The van der Waals surface area contributed by atoms with Gasteiger partial charge in [0.2, 0.25) is 0 Å². The number of hydrogen-bond donors (Lipinski definition) is 4. The number of aliphatic hydroxyl groups excluding tert-OH is 1. The molecule has 1 aliphatic heterocycles. The van der Waals surface area contributed by atoms with Gasteiger partial charge in [0.15, 0.2) is 0 Å². The van der Waals surface area contributed by atoms with E-state index in [9.17, 15) is 20.0 Å². The van der Waals surface area contributed by atoms with Gasteiger partial charge in [0.25, 0.3) is 0 Å². The molecule has 9 nitrogen and oxygen atoms in total. The highest BCUT2D eigenvalue weighted by atomic mass is 35.5. The fourth-order valence-electron chi connectivity index (χ4n) is 2.89. The van der Waals surface area contributed by atoms with Gasteiger partial charge in [-0.25, -0.2) is 9.59 Å². The van der Waals surface area contributed by atoms with E-state index in [0.717, 1.165) is 0 Å². The lowest BCUT2D eigenvalue weighted by Crippen LogP contribution is -2.54. The zero-order chi connectivity index (χ0) is 21.1. The highest BCUT2D eigenvalue weighted by Gasteiger charge is 2.30. The molecule has 1 aromatic carbocycles. The van der Waals surface area contributed by atoms with Crippen molar-refractivity contribution in [1.29, 1.82) is 5.26 Å². The standard InChI is InChI=1S/C18H23ClN4O5/c1-18(2,3)28-17(27)22-12-6-10(8-20)7-13(15(12)19)23-5-4-11(14(24)9-23)21-16(25)26/h6-7,11,14,21,24H,4-5,9H2,1-3H3,(H,22,27)(H,25,26). The molecule has 2 unspecified atom stereocenters. The molecule has 28 heavy (non-hydrogen) atoms. The van der Waals surface area contributed by atoms with Crippen molar-refractivity contribution in [2.45, 2.75) is 44.9 Å². The molecule has 0 aliphatic carbocycles. The van der Waals surface area contributed by atoms with Gasteiger partial charge >= 0.3 is 12.2 Å². The minimum Gasteiger partial charge on any atom is -0.465 e. The second kappa shape index (κ2) is 8.54. The van der Waals surface area contributed by atoms with E-state index in [-0.39, 0.29) is 22.8 Å². The second-order valence-electron chi connectivity index (χ2n) is 7.45. The molecular formula is C18H23ClN4O5. The van der Waals surface area contributed by atoms with Crippen molar-refractivity contribution in [1.82, 2.24) is 5.32 Å². The number of amides is 2. The smallest absolute Gasteiger partial charge is 0.412 e. The summed E-state index contributed by atoms with van der Waals surface area (Å²) >= 11 is 6.44. The van der Waals surface area contributed by atoms with Crippen LogP contribution in [0, 0.1) is 11.3 Å². The highest BCUT2D eigenvalue weighted by molar-refractivity contribution is 6.36. The number of β-amino-alcohol motifs (C(OH)–C–C–N with tert-alkyl or cyclic N) is 1. The van der Waals surface area contributed by atoms with Crippen LogP contribution in [-0.2, 0) is 4.74 Å². The monoisotopic (exact) mass is 410 g/mol. The number of carbonyl (C=O) groups is 2. The Morgan fingerprint density at radius 1 is 1.39 bits per heavy atom. The zero-order valence-corrected chi connectivity index (χ0v) is 16.6. The lowest BCUT2D eigenvalue weighted by molar-refractivity contribution is 0.0636. The average Bonchev–Trinajstić information content (AvgIpc) is 2.56. The third-order valence-electron chi connectivity index (χ3n) is 4.05. The molecule has 1 fully saturated rings. The minimum absolute atomic E-state index is 0.116. The molecule has 2 amide bonds. The Morgan fingerprint density at radius 2 is 2.07 bits per heavy atom. The third-order valence-corrected chi connectivity index (χ3v) is 4.45. The number of halogens is 1. The molecule has 152 valence electrons. The van der Waals surface area contributed by atoms with Crippen molar-refractivity contribution in [3.8, 4) is 6.07 Å². The number of ether oxygens (including phenoxy) is 1. The molecule has 1 aliphatic rings. The first-order valence-electron chi connectivity index (χ1n) is 8.66. The second-order valence-corrected chi connectivity index (χ2v) is 7.83. The van der Waals surface area contributed by atoms with Gasteiger partial charge in [0.05, 0.1) is 40.2 Å². The van der Waals surface area contributed by atoms with E-state index in [1.165, 1.54) is 6.07 Å². The Morgan fingerprint density at radius 3 is 2.61 bits per heavy atom. The lowest BCUT2D eigenvalue weighted by Gasteiger charge is -2.37. The number of nitrogens with one attached hydrogen (secondary N) is 2. The predicted molar refractivity (Wildman–Crippen MR) is 104 cm³/mol. The van der Waals surface area contributed by atoms with Gasteiger partial charge in [-0.3, -0.25) is 5.32 Å². The molecule has 1 aromatic rings. The van der Waals surface area contributed by atoms with Crippen molar-refractivity contribution < 1.29 is 24.5 Å². The van der Waals surface area contributed by atoms with Gasteiger partial charge in [-0.1, -0.05) is 11.6 Å². The molecule has 0 saturated carbocycles. The van der Waals surface area contributed by atoms with Gasteiger partial charge in [0.1, 0.15) is 5.60 Å².